The molecule has 0 radical (unpaired) electrons. The highest BCUT2D eigenvalue weighted by atomic mass is 127. The predicted molar refractivity (Wildman–Crippen MR) is 65.0 cm³/mol. The van der Waals surface area contributed by atoms with Crippen LogP contribution in [0.4, 0.5) is 5.69 Å². The van der Waals surface area contributed by atoms with E-state index in [1.54, 1.807) is 12.1 Å². The van der Waals surface area contributed by atoms with Gasteiger partial charge in [0.1, 0.15) is 6.54 Å². The van der Waals surface area contributed by atoms with Crippen molar-refractivity contribution in [3.63, 3.8) is 0 Å². The Labute approximate surface area is 119 Å². The Kier molecular flexibility index (Phi) is 5.77. The van der Waals surface area contributed by atoms with E-state index < -0.39 is 4.92 Å². The average molecular weight is 348 g/mol. The van der Waals surface area contributed by atoms with Gasteiger partial charge in [-0.15, -0.1) is 0 Å². The Bertz CT molecular complexity index is 408. The summed E-state index contributed by atoms with van der Waals surface area (Å²) in [6.45, 7) is 4.82. The van der Waals surface area contributed by atoms with Gasteiger partial charge in [-0.05, 0) is 17.7 Å². The molecule has 0 saturated carbocycles. The maximum atomic E-state index is 10.5. The van der Waals surface area contributed by atoms with Gasteiger partial charge >= 0.3 is 0 Å². The smallest absolute Gasteiger partial charge is 0.269 e. The Morgan fingerprint density at radius 3 is 2.12 bits per heavy atom. The number of non-ortho nitro benzene ring substituents is 1. The van der Waals surface area contributed by atoms with Gasteiger partial charge in [0, 0.05) is 17.7 Å². The third kappa shape index (κ3) is 5.27. The van der Waals surface area contributed by atoms with Crippen molar-refractivity contribution in [2.24, 2.45) is 0 Å². The summed E-state index contributed by atoms with van der Waals surface area (Å²) < 4.78 is 0.788. The van der Waals surface area contributed by atoms with Crippen LogP contribution in [0.3, 0.4) is 0 Å². The molecule has 0 fully saturated rings. The topological polar surface area (TPSA) is 43.1 Å². The molecular formula is C12H17IN2O2. The fourth-order valence-corrected chi connectivity index (χ4v) is 1.48. The summed E-state index contributed by atoms with van der Waals surface area (Å²) in [7, 11) is 6.24. The van der Waals surface area contributed by atoms with Gasteiger partial charge in [0.05, 0.1) is 26.1 Å². The number of hydrogen-bond acceptors (Lipinski definition) is 2. The van der Waals surface area contributed by atoms with Gasteiger partial charge in [-0.3, -0.25) is 10.1 Å². The zero-order valence-corrected chi connectivity index (χ0v) is 12.5. The van der Waals surface area contributed by atoms with Gasteiger partial charge in [-0.2, -0.15) is 0 Å². The number of likely N-dealkylation sites (N-methyl/N-ethyl adjacent to an activating group) is 1. The summed E-state index contributed by atoms with van der Waals surface area (Å²) in [6, 6.07) is 6.51. The minimum Gasteiger partial charge on any atom is -1.00 e. The van der Waals surface area contributed by atoms with Crippen molar-refractivity contribution in [3.8, 4) is 0 Å². The summed E-state index contributed by atoms with van der Waals surface area (Å²) in [4.78, 5) is 10.1. The third-order valence-electron chi connectivity index (χ3n) is 2.15. The van der Waals surface area contributed by atoms with E-state index in [-0.39, 0.29) is 29.7 Å². The van der Waals surface area contributed by atoms with Crippen LogP contribution in [0.5, 0.6) is 0 Å². The van der Waals surface area contributed by atoms with Crippen LogP contribution >= 0.6 is 0 Å². The van der Waals surface area contributed by atoms with E-state index in [1.807, 2.05) is 0 Å². The van der Waals surface area contributed by atoms with E-state index in [4.69, 9.17) is 0 Å². The van der Waals surface area contributed by atoms with Gasteiger partial charge in [0.15, 0.2) is 0 Å². The molecule has 0 spiro atoms. The standard InChI is InChI=1S/C12H17N2O2.HI/c1-10(9-14(2,3)4)11-5-7-12(8-6-11)13(15)16;/h5-8H,1,9H2,2-4H3;1H/q+1;/p-1. The number of quaternary nitrogens is 1. The fraction of sp³-hybridized carbons (Fsp3) is 0.333. The van der Waals surface area contributed by atoms with Crippen LogP contribution in [0, 0.1) is 10.1 Å². The summed E-state index contributed by atoms with van der Waals surface area (Å²) in [5, 5.41) is 10.5. The van der Waals surface area contributed by atoms with Gasteiger partial charge in [-0.1, -0.05) is 6.58 Å². The zero-order chi connectivity index (χ0) is 12.3. The van der Waals surface area contributed by atoms with Crippen LogP contribution < -0.4 is 24.0 Å². The van der Waals surface area contributed by atoms with E-state index in [1.165, 1.54) is 12.1 Å². The molecule has 94 valence electrons. The van der Waals surface area contributed by atoms with Crippen molar-refractivity contribution in [1.82, 2.24) is 0 Å². The average Bonchev–Trinajstić information content (AvgIpc) is 2.15. The second-order valence-corrected chi connectivity index (χ2v) is 4.86. The van der Waals surface area contributed by atoms with Crippen molar-refractivity contribution in [3.05, 3.63) is 46.5 Å². The van der Waals surface area contributed by atoms with E-state index in [0.29, 0.717) is 0 Å². The van der Waals surface area contributed by atoms with Crippen molar-refractivity contribution in [2.45, 2.75) is 0 Å². The minimum atomic E-state index is -0.396. The molecule has 0 amide bonds. The first kappa shape index (κ1) is 16.1. The Morgan fingerprint density at radius 2 is 1.76 bits per heavy atom. The Balaban J connectivity index is 0.00000256. The molecule has 0 atom stereocenters. The number of hydrogen-bond donors (Lipinski definition) is 0. The van der Waals surface area contributed by atoms with Gasteiger partial charge < -0.3 is 28.5 Å². The molecule has 0 N–H and O–H groups in total. The minimum absolute atomic E-state index is 0. The van der Waals surface area contributed by atoms with Crippen LogP contribution in [0.1, 0.15) is 5.56 Å². The van der Waals surface area contributed by atoms with E-state index in [0.717, 1.165) is 22.2 Å². The molecule has 1 rings (SSSR count). The van der Waals surface area contributed by atoms with Gasteiger partial charge in [0.2, 0.25) is 0 Å². The molecule has 0 heterocycles. The molecule has 0 aliphatic carbocycles. The van der Waals surface area contributed by atoms with Crippen LogP contribution in [-0.2, 0) is 0 Å². The van der Waals surface area contributed by atoms with E-state index in [2.05, 4.69) is 27.7 Å². The summed E-state index contributed by atoms with van der Waals surface area (Å²) >= 11 is 0. The highest BCUT2D eigenvalue weighted by Gasteiger charge is 2.12. The molecule has 0 aromatic heterocycles. The van der Waals surface area contributed by atoms with E-state index in [9.17, 15) is 10.1 Å². The van der Waals surface area contributed by atoms with Crippen molar-refractivity contribution < 1.29 is 33.4 Å². The Morgan fingerprint density at radius 1 is 1.29 bits per heavy atom. The number of halogens is 1. The predicted octanol–water partition coefficient (Wildman–Crippen LogP) is -0.682. The quantitative estimate of drug-likeness (QED) is 0.313. The number of benzene rings is 1. The van der Waals surface area contributed by atoms with Gasteiger partial charge in [-0.25, -0.2) is 0 Å². The molecule has 0 saturated heterocycles. The highest BCUT2D eigenvalue weighted by molar-refractivity contribution is 5.64. The first-order chi connectivity index (χ1) is 7.29. The van der Waals surface area contributed by atoms with Crippen LogP contribution in [0.2, 0.25) is 0 Å². The molecule has 0 aliphatic heterocycles. The normalized spacial score (nSPS) is 10.5. The number of nitrogens with zero attached hydrogens (tertiary/aromatic N) is 2. The highest BCUT2D eigenvalue weighted by Crippen LogP contribution is 2.18. The molecule has 4 nitrogen and oxygen atoms in total. The van der Waals surface area contributed by atoms with Gasteiger partial charge in [0.25, 0.3) is 5.69 Å². The molecule has 1 aromatic carbocycles. The second kappa shape index (κ2) is 6.11. The fourth-order valence-electron chi connectivity index (χ4n) is 1.48. The van der Waals surface area contributed by atoms with Crippen molar-refractivity contribution >= 4 is 11.3 Å². The van der Waals surface area contributed by atoms with E-state index >= 15 is 0 Å². The number of nitro benzene ring substituents is 1. The molecule has 0 unspecified atom stereocenters. The first-order valence-electron chi connectivity index (χ1n) is 5.03. The maximum absolute atomic E-state index is 10.5. The van der Waals surface area contributed by atoms with Crippen LogP contribution in [-0.4, -0.2) is 37.1 Å². The number of rotatable bonds is 4. The first-order valence-corrected chi connectivity index (χ1v) is 5.03. The SMILES string of the molecule is C=C(C[N+](C)(C)C)c1ccc([N+](=O)[O-])cc1.[I-]. The summed E-state index contributed by atoms with van der Waals surface area (Å²) in [5.41, 5.74) is 2.06. The lowest BCUT2D eigenvalue weighted by atomic mass is 10.1. The molecule has 0 bridgehead atoms. The molecular weight excluding hydrogens is 331 g/mol. The van der Waals surface area contributed by atoms with Crippen molar-refractivity contribution in [1.29, 1.82) is 0 Å². The van der Waals surface area contributed by atoms with Crippen LogP contribution in [0.25, 0.3) is 5.57 Å². The molecule has 0 aliphatic rings. The van der Waals surface area contributed by atoms with Crippen LogP contribution in [0.15, 0.2) is 30.8 Å². The maximum Gasteiger partial charge on any atom is 0.269 e. The Hall–Kier alpha value is -0.950. The third-order valence-corrected chi connectivity index (χ3v) is 2.15. The molecule has 17 heavy (non-hydrogen) atoms. The molecule has 5 heteroatoms. The lowest BCUT2D eigenvalue weighted by Gasteiger charge is -2.24. The molecule has 1 aromatic rings. The lowest BCUT2D eigenvalue weighted by Crippen LogP contribution is -3.00. The van der Waals surface area contributed by atoms with Crippen molar-refractivity contribution in [2.75, 3.05) is 27.7 Å². The summed E-state index contributed by atoms with van der Waals surface area (Å²) in [5.74, 6) is 0. The lowest BCUT2D eigenvalue weighted by molar-refractivity contribution is -0.862. The number of nitro groups is 1. The zero-order valence-electron chi connectivity index (χ0n) is 10.3. The summed E-state index contributed by atoms with van der Waals surface area (Å²) in [6.07, 6.45) is 0. The largest absolute Gasteiger partial charge is 1.00 e. The second-order valence-electron chi connectivity index (χ2n) is 4.86. The monoisotopic (exact) mass is 348 g/mol.